The van der Waals surface area contributed by atoms with Crippen molar-refractivity contribution in [2.75, 3.05) is 6.54 Å². The lowest BCUT2D eigenvalue weighted by atomic mass is 9.90. The molecule has 0 aliphatic heterocycles. The molecule has 1 heterocycles. The minimum absolute atomic E-state index is 0.0858. The molecule has 3 rings (SSSR count). The van der Waals surface area contributed by atoms with Crippen molar-refractivity contribution < 1.29 is 10.2 Å². The summed E-state index contributed by atoms with van der Waals surface area (Å²) in [7, 11) is 0. The van der Waals surface area contributed by atoms with Crippen LogP contribution in [0.4, 0.5) is 0 Å². The lowest BCUT2D eigenvalue weighted by Gasteiger charge is -2.32. The van der Waals surface area contributed by atoms with Crippen LogP contribution in [0.1, 0.15) is 49.1 Å². The van der Waals surface area contributed by atoms with Gasteiger partial charge in [0.1, 0.15) is 5.69 Å². The molecule has 0 spiro atoms. The quantitative estimate of drug-likeness (QED) is 0.753. The molecular weight excluding hydrogens is 292 g/mol. The summed E-state index contributed by atoms with van der Waals surface area (Å²) in [5.74, 6) is 0. The van der Waals surface area contributed by atoms with E-state index in [1.807, 2.05) is 41.2 Å². The Kier molecular flexibility index (Phi) is 5.38. The van der Waals surface area contributed by atoms with Crippen molar-refractivity contribution in [2.24, 2.45) is 0 Å². The minimum atomic E-state index is -0.512. The maximum atomic E-state index is 10.3. The van der Waals surface area contributed by atoms with Crippen LogP contribution in [0.25, 0.3) is 0 Å². The average Bonchev–Trinajstić information content (AvgIpc) is 3.09. The number of hydrogen-bond acceptors (Lipinski definition) is 5. The highest BCUT2D eigenvalue weighted by Crippen LogP contribution is 2.28. The Morgan fingerprint density at radius 2 is 2.00 bits per heavy atom. The van der Waals surface area contributed by atoms with Gasteiger partial charge in [0.15, 0.2) is 0 Å². The second-order valence-corrected chi connectivity index (χ2v) is 6.14. The van der Waals surface area contributed by atoms with E-state index >= 15 is 0 Å². The van der Waals surface area contributed by atoms with Gasteiger partial charge in [-0.05, 0) is 18.4 Å². The molecule has 1 unspecified atom stereocenters. The van der Waals surface area contributed by atoms with Gasteiger partial charge in [-0.3, -0.25) is 0 Å². The van der Waals surface area contributed by atoms with Crippen LogP contribution >= 0.6 is 0 Å². The first-order valence-electron chi connectivity index (χ1n) is 8.26. The molecule has 1 aromatic heterocycles. The molecule has 0 radical (unpaired) electrons. The summed E-state index contributed by atoms with van der Waals surface area (Å²) in [6.45, 7) is 0.435. The van der Waals surface area contributed by atoms with Crippen LogP contribution in [-0.4, -0.2) is 37.8 Å². The number of aromatic nitrogens is 3. The third-order valence-corrected chi connectivity index (χ3v) is 4.55. The van der Waals surface area contributed by atoms with E-state index in [4.69, 9.17) is 5.11 Å². The normalized spacial score (nSPS) is 22.9. The number of nitrogens with zero attached hydrogens (tertiary/aromatic N) is 3. The summed E-state index contributed by atoms with van der Waals surface area (Å²) in [5.41, 5.74) is 1.52. The molecule has 2 aromatic rings. The Balaban J connectivity index is 1.62. The molecule has 23 heavy (non-hydrogen) atoms. The lowest BCUT2D eigenvalue weighted by molar-refractivity contribution is 0.153. The average molecular weight is 316 g/mol. The minimum Gasteiger partial charge on any atom is -0.390 e. The molecule has 1 fully saturated rings. The van der Waals surface area contributed by atoms with Crippen molar-refractivity contribution in [3.05, 3.63) is 47.8 Å². The number of benzene rings is 1. The Bertz CT molecular complexity index is 602. The maximum absolute atomic E-state index is 10.3. The summed E-state index contributed by atoms with van der Waals surface area (Å²) >= 11 is 0. The Labute approximate surface area is 136 Å². The molecule has 6 heteroatoms. The SMILES string of the molecule is OCc1cn([C@@H]2CCCC[C@@H]2NCC(O)c2ccccc2)nn1. The first-order chi connectivity index (χ1) is 11.3. The van der Waals surface area contributed by atoms with Gasteiger partial charge in [0.2, 0.25) is 0 Å². The van der Waals surface area contributed by atoms with Gasteiger partial charge in [-0.25, -0.2) is 4.68 Å². The van der Waals surface area contributed by atoms with E-state index < -0.39 is 6.10 Å². The van der Waals surface area contributed by atoms with E-state index in [0.29, 0.717) is 12.2 Å². The summed E-state index contributed by atoms with van der Waals surface area (Å²) in [6.07, 6.45) is 5.74. The van der Waals surface area contributed by atoms with E-state index in [1.54, 1.807) is 0 Å². The standard InChI is InChI=1S/C17H24N4O2/c22-12-14-11-21(20-19-14)16-9-5-4-8-15(16)18-10-17(23)13-6-2-1-3-7-13/h1-3,6-7,11,15-18,22-23H,4-5,8-10,12H2/t15-,16+,17?/m0/s1. The second kappa shape index (κ2) is 7.68. The van der Waals surface area contributed by atoms with E-state index in [0.717, 1.165) is 18.4 Å². The first-order valence-corrected chi connectivity index (χ1v) is 8.26. The van der Waals surface area contributed by atoms with Crippen LogP contribution < -0.4 is 5.32 Å². The van der Waals surface area contributed by atoms with Crippen molar-refractivity contribution in [1.82, 2.24) is 20.3 Å². The van der Waals surface area contributed by atoms with Crippen molar-refractivity contribution in [1.29, 1.82) is 0 Å². The third kappa shape index (κ3) is 3.96. The molecule has 6 nitrogen and oxygen atoms in total. The van der Waals surface area contributed by atoms with Gasteiger partial charge < -0.3 is 15.5 Å². The molecule has 0 saturated heterocycles. The first kappa shape index (κ1) is 16.1. The molecule has 1 saturated carbocycles. The highest BCUT2D eigenvalue weighted by Gasteiger charge is 2.27. The zero-order valence-electron chi connectivity index (χ0n) is 13.2. The van der Waals surface area contributed by atoms with E-state index in [2.05, 4.69) is 15.6 Å². The Hall–Kier alpha value is -1.76. The number of rotatable bonds is 6. The Morgan fingerprint density at radius 1 is 1.22 bits per heavy atom. The van der Waals surface area contributed by atoms with Gasteiger partial charge in [-0.2, -0.15) is 0 Å². The van der Waals surface area contributed by atoms with Gasteiger partial charge >= 0.3 is 0 Å². The van der Waals surface area contributed by atoms with Crippen molar-refractivity contribution in [3.63, 3.8) is 0 Å². The van der Waals surface area contributed by atoms with Gasteiger partial charge in [-0.15, -0.1) is 5.10 Å². The molecule has 1 aliphatic carbocycles. The number of nitrogens with one attached hydrogen (secondary N) is 1. The van der Waals surface area contributed by atoms with Crippen LogP contribution in [0.3, 0.4) is 0 Å². The van der Waals surface area contributed by atoms with Gasteiger partial charge in [-0.1, -0.05) is 48.4 Å². The predicted molar refractivity (Wildman–Crippen MR) is 86.6 cm³/mol. The topological polar surface area (TPSA) is 83.2 Å². The summed E-state index contributed by atoms with van der Waals surface area (Å²) in [5, 5.41) is 31.1. The molecule has 1 aromatic carbocycles. The second-order valence-electron chi connectivity index (χ2n) is 6.14. The third-order valence-electron chi connectivity index (χ3n) is 4.55. The number of hydrogen-bond donors (Lipinski definition) is 3. The molecule has 3 N–H and O–H groups in total. The summed E-state index contributed by atoms with van der Waals surface area (Å²) in [6, 6.07) is 10.2. The van der Waals surface area contributed by atoms with E-state index in [1.165, 1.54) is 12.8 Å². The highest BCUT2D eigenvalue weighted by atomic mass is 16.3. The van der Waals surface area contributed by atoms with Gasteiger partial charge in [0, 0.05) is 12.6 Å². The number of aliphatic hydroxyl groups excluding tert-OH is 2. The fraction of sp³-hybridized carbons (Fsp3) is 0.529. The van der Waals surface area contributed by atoms with Gasteiger partial charge in [0.05, 0.1) is 24.9 Å². The summed E-state index contributed by atoms with van der Waals surface area (Å²) < 4.78 is 1.86. The predicted octanol–water partition coefficient (Wildman–Crippen LogP) is 1.58. The zero-order valence-corrected chi connectivity index (χ0v) is 13.2. The molecule has 0 amide bonds. The van der Waals surface area contributed by atoms with E-state index in [9.17, 15) is 5.11 Å². The smallest absolute Gasteiger partial charge is 0.108 e. The molecule has 124 valence electrons. The molecule has 3 atom stereocenters. The monoisotopic (exact) mass is 316 g/mol. The van der Waals surface area contributed by atoms with Gasteiger partial charge in [0.25, 0.3) is 0 Å². The van der Waals surface area contributed by atoms with Crippen molar-refractivity contribution >= 4 is 0 Å². The van der Waals surface area contributed by atoms with Crippen LogP contribution in [0, 0.1) is 0 Å². The van der Waals surface area contributed by atoms with Crippen LogP contribution in [0.15, 0.2) is 36.5 Å². The van der Waals surface area contributed by atoms with E-state index in [-0.39, 0.29) is 18.7 Å². The summed E-state index contributed by atoms with van der Waals surface area (Å²) in [4.78, 5) is 0. The molecule has 1 aliphatic rings. The largest absolute Gasteiger partial charge is 0.390 e. The number of aliphatic hydroxyl groups is 2. The Morgan fingerprint density at radius 3 is 2.74 bits per heavy atom. The lowest BCUT2D eigenvalue weighted by Crippen LogP contribution is -2.41. The highest BCUT2D eigenvalue weighted by molar-refractivity contribution is 5.17. The van der Waals surface area contributed by atoms with Crippen LogP contribution in [-0.2, 0) is 6.61 Å². The zero-order chi connectivity index (χ0) is 16.1. The van der Waals surface area contributed by atoms with Crippen LogP contribution in [0.2, 0.25) is 0 Å². The molecule has 0 bridgehead atoms. The van der Waals surface area contributed by atoms with Crippen molar-refractivity contribution in [3.8, 4) is 0 Å². The fourth-order valence-electron chi connectivity index (χ4n) is 3.27. The van der Waals surface area contributed by atoms with Crippen LogP contribution in [0.5, 0.6) is 0 Å². The maximum Gasteiger partial charge on any atom is 0.108 e. The fourth-order valence-corrected chi connectivity index (χ4v) is 3.27. The van der Waals surface area contributed by atoms with Crippen molar-refractivity contribution in [2.45, 2.75) is 50.5 Å². The molecular formula is C17H24N4O2.